The summed E-state index contributed by atoms with van der Waals surface area (Å²) in [4.78, 5) is 16.1. The summed E-state index contributed by atoms with van der Waals surface area (Å²) >= 11 is 0. The van der Waals surface area contributed by atoms with Gasteiger partial charge in [0.05, 0.1) is 5.69 Å². The molecule has 1 aliphatic carbocycles. The fourth-order valence-corrected chi connectivity index (χ4v) is 2.70. The maximum Gasteiger partial charge on any atom is 0.251 e. The molecule has 0 aromatic carbocycles. The van der Waals surface area contributed by atoms with Gasteiger partial charge in [-0.1, -0.05) is 32.1 Å². The summed E-state index contributed by atoms with van der Waals surface area (Å²) in [5.74, 6) is 0.777. The van der Waals surface area contributed by atoms with E-state index in [0.29, 0.717) is 12.1 Å². The topological polar surface area (TPSA) is 68.0 Å². The standard InChI is InChI=1S/C15H23N3O.ClH/c16-11-14-10-13(7-9-17-14)15(19)18-8-6-12-4-2-1-3-5-12;/h7,9-10,12H,1-6,8,11,16H2,(H,18,19);1H. The van der Waals surface area contributed by atoms with Gasteiger partial charge in [-0.3, -0.25) is 9.78 Å². The third-order valence-electron chi connectivity index (χ3n) is 3.85. The van der Waals surface area contributed by atoms with E-state index in [2.05, 4.69) is 10.3 Å². The van der Waals surface area contributed by atoms with Crippen LogP contribution in [0.1, 0.15) is 54.6 Å². The van der Waals surface area contributed by atoms with Crippen molar-refractivity contribution in [2.75, 3.05) is 6.54 Å². The fraction of sp³-hybridized carbons (Fsp3) is 0.600. The molecular formula is C15H24ClN3O. The number of carbonyl (C=O) groups is 1. The van der Waals surface area contributed by atoms with Gasteiger partial charge in [0.25, 0.3) is 5.91 Å². The van der Waals surface area contributed by atoms with E-state index in [1.807, 2.05) is 0 Å². The lowest BCUT2D eigenvalue weighted by atomic mass is 9.87. The van der Waals surface area contributed by atoms with Crippen molar-refractivity contribution in [2.45, 2.75) is 45.1 Å². The highest BCUT2D eigenvalue weighted by Gasteiger charge is 2.13. The molecule has 1 aliphatic rings. The van der Waals surface area contributed by atoms with Gasteiger partial charge in [0, 0.05) is 24.8 Å². The molecular weight excluding hydrogens is 274 g/mol. The number of nitrogens with zero attached hydrogens (tertiary/aromatic N) is 1. The van der Waals surface area contributed by atoms with Crippen LogP contribution >= 0.6 is 12.4 Å². The molecule has 0 saturated heterocycles. The molecule has 0 aliphatic heterocycles. The summed E-state index contributed by atoms with van der Waals surface area (Å²) in [6.45, 7) is 1.13. The molecule has 4 nitrogen and oxygen atoms in total. The van der Waals surface area contributed by atoms with Crippen molar-refractivity contribution in [2.24, 2.45) is 11.7 Å². The van der Waals surface area contributed by atoms with Gasteiger partial charge < -0.3 is 11.1 Å². The molecule has 1 aromatic heterocycles. The number of hydrogen-bond donors (Lipinski definition) is 2. The molecule has 1 aromatic rings. The fourth-order valence-electron chi connectivity index (χ4n) is 2.70. The summed E-state index contributed by atoms with van der Waals surface area (Å²) in [6, 6.07) is 3.49. The molecule has 0 bridgehead atoms. The van der Waals surface area contributed by atoms with E-state index in [1.54, 1.807) is 18.3 Å². The highest BCUT2D eigenvalue weighted by molar-refractivity contribution is 5.94. The Morgan fingerprint density at radius 2 is 2.10 bits per heavy atom. The first-order valence-corrected chi connectivity index (χ1v) is 7.23. The first-order valence-electron chi connectivity index (χ1n) is 7.23. The minimum absolute atomic E-state index is 0. The van der Waals surface area contributed by atoms with Crippen LogP contribution in [-0.2, 0) is 6.54 Å². The first-order chi connectivity index (χ1) is 9.29. The number of pyridine rings is 1. The van der Waals surface area contributed by atoms with Crippen LogP contribution in [0.5, 0.6) is 0 Å². The molecule has 2 rings (SSSR count). The van der Waals surface area contributed by atoms with E-state index in [4.69, 9.17) is 5.73 Å². The van der Waals surface area contributed by atoms with Crippen LogP contribution in [0.25, 0.3) is 0 Å². The number of amides is 1. The van der Waals surface area contributed by atoms with Gasteiger partial charge in [0.2, 0.25) is 0 Å². The van der Waals surface area contributed by atoms with Crippen LogP contribution in [0.15, 0.2) is 18.3 Å². The SMILES string of the molecule is Cl.NCc1cc(C(=O)NCCC2CCCCC2)ccn1. The Labute approximate surface area is 126 Å². The van der Waals surface area contributed by atoms with Crippen molar-refractivity contribution < 1.29 is 4.79 Å². The third-order valence-corrected chi connectivity index (χ3v) is 3.85. The average molecular weight is 298 g/mol. The average Bonchev–Trinajstić information content (AvgIpc) is 2.48. The largest absolute Gasteiger partial charge is 0.352 e. The quantitative estimate of drug-likeness (QED) is 0.878. The van der Waals surface area contributed by atoms with Crippen molar-refractivity contribution in [1.82, 2.24) is 10.3 Å². The highest BCUT2D eigenvalue weighted by atomic mass is 35.5. The zero-order valence-corrected chi connectivity index (χ0v) is 12.6. The second kappa shape index (κ2) is 8.93. The molecule has 1 amide bonds. The summed E-state index contributed by atoms with van der Waals surface area (Å²) in [6.07, 6.45) is 9.46. The van der Waals surface area contributed by atoms with Crippen molar-refractivity contribution in [3.05, 3.63) is 29.6 Å². The van der Waals surface area contributed by atoms with Crippen molar-refractivity contribution >= 4 is 18.3 Å². The molecule has 0 spiro atoms. The number of rotatable bonds is 5. The van der Waals surface area contributed by atoms with Crippen LogP contribution in [0.2, 0.25) is 0 Å². The molecule has 3 N–H and O–H groups in total. The Hall–Kier alpha value is -1.13. The van der Waals surface area contributed by atoms with E-state index < -0.39 is 0 Å². The third kappa shape index (κ3) is 5.10. The van der Waals surface area contributed by atoms with Crippen LogP contribution in [-0.4, -0.2) is 17.4 Å². The van der Waals surface area contributed by atoms with Gasteiger partial charge in [-0.15, -0.1) is 12.4 Å². The Kier molecular flexibility index (Phi) is 7.55. The number of nitrogens with two attached hydrogens (primary N) is 1. The van der Waals surface area contributed by atoms with Gasteiger partial charge in [0.1, 0.15) is 0 Å². The second-order valence-electron chi connectivity index (χ2n) is 5.29. The zero-order valence-electron chi connectivity index (χ0n) is 11.8. The molecule has 20 heavy (non-hydrogen) atoms. The lowest BCUT2D eigenvalue weighted by molar-refractivity contribution is 0.0950. The Bertz CT molecular complexity index is 419. The maximum absolute atomic E-state index is 12.0. The van der Waals surface area contributed by atoms with Crippen LogP contribution < -0.4 is 11.1 Å². The maximum atomic E-state index is 12.0. The lowest BCUT2D eigenvalue weighted by Crippen LogP contribution is -2.26. The molecule has 1 heterocycles. The molecule has 0 atom stereocenters. The van der Waals surface area contributed by atoms with E-state index in [9.17, 15) is 4.79 Å². The van der Waals surface area contributed by atoms with Gasteiger partial charge in [0.15, 0.2) is 0 Å². The van der Waals surface area contributed by atoms with Crippen molar-refractivity contribution in [1.29, 1.82) is 0 Å². The number of nitrogens with one attached hydrogen (secondary N) is 1. The molecule has 112 valence electrons. The van der Waals surface area contributed by atoms with E-state index in [-0.39, 0.29) is 18.3 Å². The minimum Gasteiger partial charge on any atom is -0.352 e. The van der Waals surface area contributed by atoms with E-state index in [0.717, 1.165) is 24.6 Å². The van der Waals surface area contributed by atoms with Crippen LogP contribution in [0.4, 0.5) is 0 Å². The molecule has 1 saturated carbocycles. The molecule has 5 heteroatoms. The monoisotopic (exact) mass is 297 g/mol. The zero-order chi connectivity index (χ0) is 13.5. The lowest BCUT2D eigenvalue weighted by Gasteiger charge is -2.21. The highest BCUT2D eigenvalue weighted by Crippen LogP contribution is 2.25. The summed E-state index contributed by atoms with van der Waals surface area (Å²) in [5.41, 5.74) is 6.92. The number of aromatic nitrogens is 1. The molecule has 0 unspecified atom stereocenters. The van der Waals surface area contributed by atoms with Gasteiger partial charge >= 0.3 is 0 Å². The Morgan fingerprint density at radius 1 is 1.35 bits per heavy atom. The van der Waals surface area contributed by atoms with Crippen LogP contribution in [0.3, 0.4) is 0 Å². The predicted octanol–water partition coefficient (Wildman–Crippen LogP) is 2.66. The molecule has 1 fully saturated rings. The number of hydrogen-bond acceptors (Lipinski definition) is 3. The normalized spacial score (nSPS) is 15.4. The Balaban J connectivity index is 0.00000200. The van der Waals surface area contributed by atoms with Crippen LogP contribution in [0, 0.1) is 5.92 Å². The first kappa shape index (κ1) is 16.9. The second-order valence-corrected chi connectivity index (χ2v) is 5.29. The van der Waals surface area contributed by atoms with Gasteiger partial charge in [-0.05, 0) is 24.5 Å². The number of halogens is 1. The van der Waals surface area contributed by atoms with Crippen molar-refractivity contribution in [3.8, 4) is 0 Å². The van der Waals surface area contributed by atoms with E-state index >= 15 is 0 Å². The predicted molar refractivity (Wildman–Crippen MR) is 82.9 cm³/mol. The number of carbonyl (C=O) groups excluding carboxylic acids is 1. The molecule has 0 radical (unpaired) electrons. The summed E-state index contributed by atoms with van der Waals surface area (Å²) < 4.78 is 0. The Morgan fingerprint density at radius 3 is 2.80 bits per heavy atom. The smallest absolute Gasteiger partial charge is 0.251 e. The minimum atomic E-state index is -0.0205. The summed E-state index contributed by atoms with van der Waals surface area (Å²) in [5, 5.41) is 2.99. The van der Waals surface area contributed by atoms with Gasteiger partial charge in [-0.25, -0.2) is 0 Å². The van der Waals surface area contributed by atoms with E-state index in [1.165, 1.54) is 32.1 Å². The van der Waals surface area contributed by atoms with Gasteiger partial charge in [-0.2, -0.15) is 0 Å². The summed E-state index contributed by atoms with van der Waals surface area (Å²) in [7, 11) is 0. The van der Waals surface area contributed by atoms with Crippen molar-refractivity contribution in [3.63, 3.8) is 0 Å².